The standard InChI is InChI=1S/C25H22N2O3S/c28-24-23(16-19-11-12-21-22(15-19)30-14-13-29-21)31-25(26-17-18-7-3-1-4-8-18)27(24)20-9-5-2-6-10-20/h1-12,15-16,24,28H,13-14,17H2/b23-16-,26-25-. The molecule has 5 nitrogen and oxygen atoms in total. The second kappa shape index (κ2) is 8.88. The smallest absolute Gasteiger partial charge is 0.171 e. The number of rotatable bonds is 4. The number of benzene rings is 3. The maximum absolute atomic E-state index is 11.2. The van der Waals surface area contributed by atoms with E-state index < -0.39 is 6.23 Å². The van der Waals surface area contributed by atoms with Crippen LogP contribution in [0, 0.1) is 0 Å². The molecule has 1 atom stereocenters. The first-order chi connectivity index (χ1) is 15.3. The van der Waals surface area contributed by atoms with E-state index in [2.05, 4.69) is 12.1 Å². The van der Waals surface area contributed by atoms with Crippen molar-refractivity contribution < 1.29 is 14.6 Å². The molecule has 2 aliphatic heterocycles. The second-order valence-corrected chi connectivity index (χ2v) is 8.26. The quantitative estimate of drug-likeness (QED) is 0.636. The molecular formula is C25H22N2O3S. The van der Waals surface area contributed by atoms with Gasteiger partial charge < -0.3 is 14.6 Å². The number of thioether (sulfide) groups is 1. The van der Waals surface area contributed by atoms with Crippen LogP contribution in [0.15, 0.2) is 88.8 Å². The van der Waals surface area contributed by atoms with Gasteiger partial charge in [-0.25, -0.2) is 0 Å². The molecule has 3 aromatic carbocycles. The van der Waals surface area contributed by atoms with E-state index in [1.807, 2.05) is 77.7 Å². The van der Waals surface area contributed by atoms with Crippen molar-refractivity contribution in [1.82, 2.24) is 0 Å². The maximum Gasteiger partial charge on any atom is 0.171 e. The van der Waals surface area contributed by atoms with Crippen molar-refractivity contribution in [3.8, 4) is 11.5 Å². The van der Waals surface area contributed by atoms with Gasteiger partial charge in [-0.3, -0.25) is 9.89 Å². The molecule has 2 aliphatic rings. The van der Waals surface area contributed by atoms with E-state index in [1.165, 1.54) is 11.8 Å². The van der Waals surface area contributed by atoms with E-state index in [4.69, 9.17) is 14.5 Å². The number of nitrogens with zero attached hydrogens (tertiary/aromatic N) is 2. The van der Waals surface area contributed by atoms with Gasteiger partial charge in [0.1, 0.15) is 13.2 Å². The number of hydrogen-bond acceptors (Lipinski definition) is 5. The Morgan fingerprint density at radius 1 is 0.935 bits per heavy atom. The van der Waals surface area contributed by atoms with Gasteiger partial charge in [-0.2, -0.15) is 0 Å². The maximum atomic E-state index is 11.2. The minimum absolute atomic E-state index is 0.544. The lowest BCUT2D eigenvalue weighted by atomic mass is 10.1. The Morgan fingerprint density at radius 3 is 2.42 bits per heavy atom. The highest BCUT2D eigenvalue weighted by molar-refractivity contribution is 8.18. The molecule has 1 unspecified atom stereocenters. The first-order valence-corrected chi connectivity index (χ1v) is 11.0. The lowest BCUT2D eigenvalue weighted by molar-refractivity contribution is 0.171. The summed E-state index contributed by atoms with van der Waals surface area (Å²) < 4.78 is 11.3. The molecule has 1 N–H and O–H groups in total. The predicted octanol–water partition coefficient (Wildman–Crippen LogP) is 4.93. The van der Waals surface area contributed by atoms with Crippen molar-refractivity contribution in [3.63, 3.8) is 0 Å². The number of amidine groups is 1. The molecule has 6 heteroatoms. The molecule has 0 aliphatic carbocycles. The van der Waals surface area contributed by atoms with Crippen LogP contribution in [-0.2, 0) is 6.54 Å². The number of aliphatic hydroxyl groups excluding tert-OH is 1. The van der Waals surface area contributed by atoms with Gasteiger partial charge in [0.25, 0.3) is 0 Å². The lowest BCUT2D eigenvalue weighted by Crippen LogP contribution is -2.33. The van der Waals surface area contributed by atoms with Crippen molar-refractivity contribution in [1.29, 1.82) is 0 Å². The third-order valence-electron chi connectivity index (χ3n) is 5.06. The molecule has 0 radical (unpaired) electrons. The summed E-state index contributed by atoms with van der Waals surface area (Å²) in [5.74, 6) is 1.49. The number of aliphatic hydroxyl groups is 1. The zero-order valence-electron chi connectivity index (χ0n) is 16.8. The van der Waals surface area contributed by atoms with Gasteiger partial charge in [0.05, 0.1) is 6.54 Å². The second-order valence-electron chi connectivity index (χ2n) is 7.22. The number of aliphatic imine (C=N–C) groups is 1. The van der Waals surface area contributed by atoms with Crippen molar-refractivity contribution in [3.05, 3.63) is 94.9 Å². The van der Waals surface area contributed by atoms with Crippen LogP contribution in [0.2, 0.25) is 0 Å². The summed E-state index contributed by atoms with van der Waals surface area (Å²) >= 11 is 1.49. The number of para-hydroxylation sites is 1. The number of hydrogen-bond donors (Lipinski definition) is 1. The Bertz CT molecular complexity index is 1120. The molecule has 0 spiro atoms. The van der Waals surface area contributed by atoms with Crippen molar-refractivity contribution in [2.24, 2.45) is 4.99 Å². The van der Waals surface area contributed by atoms with Gasteiger partial charge >= 0.3 is 0 Å². The summed E-state index contributed by atoms with van der Waals surface area (Å²) in [6.45, 7) is 1.66. The first-order valence-electron chi connectivity index (χ1n) is 10.2. The fourth-order valence-electron chi connectivity index (χ4n) is 3.55. The summed E-state index contributed by atoms with van der Waals surface area (Å²) in [4.78, 5) is 7.51. The number of ether oxygens (including phenoxy) is 2. The van der Waals surface area contributed by atoms with Crippen LogP contribution in [0.3, 0.4) is 0 Å². The van der Waals surface area contributed by atoms with Crippen LogP contribution in [0.1, 0.15) is 11.1 Å². The Hall–Kier alpha value is -3.22. The van der Waals surface area contributed by atoms with Gasteiger partial charge in [-0.05, 0) is 41.5 Å². The van der Waals surface area contributed by atoms with E-state index in [9.17, 15) is 5.11 Å². The zero-order chi connectivity index (χ0) is 21.0. The molecule has 0 bridgehead atoms. The van der Waals surface area contributed by atoms with Gasteiger partial charge in [-0.1, -0.05) is 66.4 Å². The van der Waals surface area contributed by atoms with Gasteiger partial charge in [0.15, 0.2) is 22.9 Å². The van der Waals surface area contributed by atoms with Crippen LogP contribution in [0.5, 0.6) is 11.5 Å². The molecule has 1 saturated heterocycles. The Labute approximate surface area is 185 Å². The molecule has 5 rings (SSSR count). The number of anilines is 1. The van der Waals surface area contributed by atoms with Crippen LogP contribution < -0.4 is 14.4 Å². The molecule has 0 amide bonds. The molecule has 156 valence electrons. The topological polar surface area (TPSA) is 54.3 Å². The molecule has 0 saturated carbocycles. The van der Waals surface area contributed by atoms with Gasteiger partial charge in [0.2, 0.25) is 0 Å². The third kappa shape index (κ3) is 4.31. The van der Waals surface area contributed by atoms with Gasteiger partial charge in [-0.15, -0.1) is 0 Å². The summed E-state index contributed by atoms with van der Waals surface area (Å²) in [6.07, 6.45) is 1.17. The van der Waals surface area contributed by atoms with Crippen LogP contribution >= 0.6 is 11.8 Å². The predicted molar refractivity (Wildman–Crippen MR) is 126 cm³/mol. The highest BCUT2D eigenvalue weighted by atomic mass is 32.2. The minimum atomic E-state index is -0.810. The van der Waals surface area contributed by atoms with E-state index in [1.54, 1.807) is 0 Å². The summed E-state index contributed by atoms with van der Waals surface area (Å²) in [6, 6.07) is 25.8. The largest absolute Gasteiger partial charge is 0.486 e. The normalized spacial score (nSPS) is 20.4. The monoisotopic (exact) mass is 430 g/mol. The van der Waals surface area contributed by atoms with Gasteiger partial charge in [0, 0.05) is 10.6 Å². The van der Waals surface area contributed by atoms with E-state index >= 15 is 0 Å². The Kier molecular flexibility index (Phi) is 5.65. The molecule has 0 aromatic heterocycles. The fourth-order valence-corrected chi connectivity index (χ4v) is 4.60. The summed E-state index contributed by atoms with van der Waals surface area (Å²) in [5.41, 5.74) is 2.98. The SMILES string of the molecule is OC1/C(=C/c2ccc3c(c2)OCCO3)S/C(=N\Cc2ccccc2)N1c1ccccc1. The highest BCUT2D eigenvalue weighted by Crippen LogP contribution is 2.40. The van der Waals surface area contributed by atoms with E-state index in [0.29, 0.717) is 19.8 Å². The van der Waals surface area contributed by atoms with Crippen LogP contribution in [-0.4, -0.2) is 29.7 Å². The van der Waals surface area contributed by atoms with E-state index in [0.717, 1.165) is 38.4 Å². The molecular weight excluding hydrogens is 408 g/mol. The van der Waals surface area contributed by atoms with E-state index in [-0.39, 0.29) is 0 Å². The minimum Gasteiger partial charge on any atom is -0.486 e. The average molecular weight is 431 g/mol. The molecule has 2 heterocycles. The Morgan fingerprint density at radius 2 is 1.65 bits per heavy atom. The van der Waals surface area contributed by atoms with Crippen molar-refractivity contribution in [2.45, 2.75) is 12.8 Å². The zero-order valence-corrected chi connectivity index (χ0v) is 17.7. The van der Waals surface area contributed by atoms with Crippen LogP contribution in [0.25, 0.3) is 6.08 Å². The lowest BCUT2D eigenvalue weighted by Gasteiger charge is -2.22. The summed E-state index contributed by atoms with van der Waals surface area (Å²) in [5, 5.41) is 11.9. The van der Waals surface area contributed by atoms with Crippen molar-refractivity contribution >= 4 is 28.7 Å². The Balaban J connectivity index is 1.47. The highest BCUT2D eigenvalue weighted by Gasteiger charge is 2.34. The third-order valence-corrected chi connectivity index (χ3v) is 6.14. The van der Waals surface area contributed by atoms with Crippen LogP contribution in [0.4, 0.5) is 5.69 Å². The molecule has 1 fully saturated rings. The fraction of sp³-hybridized carbons (Fsp3) is 0.160. The first kappa shape index (κ1) is 19.7. The van der Waals surface area contributed by atoms with Crippen molar-refractivity contribution in [2.75, 3.05) is 18.1 Å². The average Bonchev–Trinajstić information content (AvgIpc) is 3.13. The molecule has 3 aromatic rings. The summed E-state index contributed by atoms with van der Waals surface area (Å²) in [7, 11) is 0. The molecule has 31 heavy (non-hydrogen) atoms. The number of fused-ring (bicyclic) bond motifs is 1.